The van der Waals surface area contributed by atoms with E-state index >= 15 is 0 Å². The molecule has 3 N–H and O–H groups in total. The Balaban J connectivity index is 2.10. The number of piperazine rings is 1. The van der Waals surface area contributed by atoms with E-state index in [1.54, 1.807) is 0 Å². The Bertz CT molecular complexity index is 239. The van der Waals surface area contributed by atoms with Crippen LogP contribution in [0.15, 0.2) is 0 Å². The fraction of sp³-hybridized carbons (Fsp3) is 1.00. The molecule has 0 bridgehead atoms. The van der Waals surface area contributed by atoms with Crippen LogP contribution in [0.5, 0.6) is 0 Å². The van der Waals surface area contributed by atoms with Crippen LogP contribution >= 0.6 is 7.82 Å². The van der Waals surface area contributed by atoms with E-state index in [9.17, 15) is 4.57 Å². The molecule has 1 aliphatic heterocycles. The number of rotatable bonds is 6. The molecule has 96 valence electrons. The number of phosphoric ester groups is 1. The number of aliphatic hydroxyl groups excluding tert-OH is 1. The molecule has 7 nitrogen and oxygen atoms in total. The molecule has 1 rings (SSSR count). The van der Waals surface area contributed by atoms with Crippen LogP contribution in [0.3, 0.4) is 0 Å². The van der Waals surface area contributed by atoms with Crippen molar-refractivity contribution >= 4 is 7.82 Å². The third-order valence-corrected chi connectivity index (χ3v) is 3.07. The van der Waals surface area contributed by atoms with E-state index in [-0.39, 0.29) is 13.2 Å². The summed E-state index contributed by atoms with van der Waals surface area (Å²) in [6.07, 6.45) is 0. The van der Waals surface area contributed by atoms with E-state index in [4.69, 9.17) is 14.9 Å². The highest BCUT2D eigenvalue weighted by atomic mass is 31.2. The van der Waals surface area contributed by atoms with E-state index in [2.05, 4.69) is 14.3 Å². The Kier molecular flexibility index (Phi) is 5.85. The minimum absolute atomic E-state index is 0.0459. The van der Waals surface area contributed by atoms with Gasteiger partial charge in [-0.1, -0.05) is 0 Å². The molecular formula is C8H19N2O5P. The molecule has 0 aliphatic carbocycles. The summed E-state index contributed by atoms with van der Waals surface area (Å²) in [5.74, 6) is 0. The van der Waals surface area contributed by atoms with Crippen LogP contribution in [0.4, 0.5) is 0 Å². The maximum absolute atomic E-state index is 10.4. The van der Waals surface area contributed by atoms with Gasteiger partial charge in [-0.2, -0.15) is 0 Å². The zero-order chi connectivity index (χ0) is 12.0. The molecule has 1 aliphatic rings. The molecule has 0 atom stereocenters. The summed E-state index contributed by atoms with van der Waals surface area (Å²) in [6, 6.07) is 0. The highest BCUT2D eigenvalue weighted by Crippen LogP contribution is 2.35. The van der Waals surface area contributed by atoms with Crippen LogP contribution in [0.2, 0.25) is 0 Å². The summed E-state index contributed by atoms with van der Waals surface area (Å²) in [5, 5.41) is 8.75. The molecule has 16 heavy (non-hydrogen) atoms. The second kappa shape index (κ2) is 6.66. The van der Waals surface area contributed by atoms with Crippen molar-refractivity contribution < 1.29 is 24.0 Å². The Morgan fingerprint density at radius 1 is 1.06 bits per heavy atom. The number of aliphatic hydroxyl groups is 1. The molecule has 1 saturated heterocycles. The Labute approximate surface area is 94.9 Å². The lowest BCUT2D eigenvalue weighted by Gasteiger charge is -2.34. The third kappa shape index (κ3) is 5.91. The number of phosphoric acid groups is 1. The Morgan fingerprint density at radius 3 is 2.00 bits per heavy atom. The van der Waals surface area contributed by atoms with E-state index in [1.165, 1.54) is 0 Å². The predicted octanol–water partition coefficient (Wildman–Crippen LogP) is -1.29. The summed E-state index contributed by atoms with van der Waals surface area (Å²) in [7, 11) is -4.33. The minimum Gasteiger partial charge on any atom is -0.395 e. The zero-order valence-corrected chi connectivity index (χ0v) is 10.1. The zero-order valence-electron chi connectivity index (χ0n) is 9.16. The van der Waals surface area contributed by atoms with Gasteiger partial charge >= 0.3 is 7.82 Å². The lowest BCUT2D eigenvalue weighted by atomic mass is 10.3. The van der Waals surface area contributed by atoms with Crippen LogP contribution in [0, 0.1) is 0 Å². The molecule has 0 aromatic heterocycles. The van der Waals surface area contributed by atoms with Gasteiger partial charge in [0.2, 0.25) is 0 Å². The van der Waals surface area contributed by atoms with Gasteiger partial charge in [0, 0.05) is 39.3 Å². The molecular weight excluding hydrogens is 235 g/mol. The summed E-state index contributed by atoms with van der Waals surface area (Å²) < 4.78 is 14.8. The molecule has 0 spiro atoms. The summed E-state index contributed by atoms with van der Waals surface area (Å²) in [4.78, 5) is 21.2. The second-order valence-electron chi connectivity index (χ2n) is 3.73. The summed E-state index contributed by atoms with van der Waals surface area (Å²) in [5.41, 5.74) is 0. The van der Waals surface area contributed by atoms with Crippen molar-refractivity contribution in [3.05, 3.63) is 0 Å². The number of β-amino-alcohol motifs (C(OH)–C–C–N with tert-alkyl or cyclic N) is 1. The van der Waals surface area contributed by atoms with Crippen LogP contribution in [-0.2, 0) is 9.09 Å². The first-order valence-electron chi connectivity index (χ1n) is 5.27. The molecule has 1 fully saturated rings. The van der Waals surface area contributed by atoms with Gasteiger partial charge in [0.1, 0.15) is 0 Å². The smallest absolute Gasteiger partial charge is 0.395 e. The van der Waals surface area contributed by atoms with Crippen LogP contribution < -0.4 is 0 Å². The van der Waals surface area contributed by atoms with E-state index in [0.29, 0.717) is 13.1 Å². The second-order valence-corrected chi connectivity index (χ2v) is 4.97. The summed E-state index contributed by atoms with van der Waals surface area (Å²) in [6.45, 7) is 4.85. The van der Waals surface area contributed by atoms with Gasteiger partial charge in [-0.05, 0) is 0 Å². The third-order valence-electron chi connectivity index (χ3n) is 2.55. The average molecular weight is 254 g/mol. The molecule has 0 amide bonds. The standard InChI is InChI=1S/C8H19N2O5P/c11-7-5-9-1-3-10(4-2-9)6-8-15-16(12,13)14/h11H,1-8H2,(H2,12,13,14). The lowest BCUT2D eigenvalue weighted by molar-refractivity contribution is 0.0949. The fourth-order valence-electron chi connectivity index (χ4n) is 1.67. The Morgan fingerprint density at radius 2 is 1.56 bits per heavy atom. The molecule has 0 aromatic rings. The number of hydrogen-bond acceptors (Lipinski definition) is 5. The van der Waals surface area contributed by atoms with Gasteiger partial charge in [-0.3, -0.25) is 14.3 Å². The van der Waals surface area contributed by atoms with Crippen LogP contribution in [0.25, 0.3) is 0 Å². The monoisotopic (exact) mass is 254 g/mol. The predicted molar refractivity (Wildman–Crippen MR) is 58.0 cm³/mol. The van der Waals surface area contributed by atoms with E-state index < -0.39 is 7.82 Å². The highest BCUT2D eigenvalue weighted by Gasteiger charge is 2.18. The molecule has 0 aromatic carbocycles. The maximum atomic E-state index is 10.4. The van der Waals surface area contributed by atoms with Gasteiger partial charge in [-0.15, -0.1) is 0 Å². The largest absolute Gasteiger partial charge is 0.469 e. The topological polar surface area (TPSA) is 93.5 Å². The van der Waals surface area contributed by atoms with Gasteiger partial charge < -0.3 is 14.9 Å². The van der Waals surface area contributed by atoms with E-state index in [1.807, 2.05) is 0 Å². The number of nitrogens with zero attached hydrogens (tertiary/aromatic N) is 2. The Hall–Kier alpha value is -0.0100. The van der Waals surface area contributed by atoms with Crippen molar-refractivity contribution in [2.24, 2.45) is 0 Å². The quantitative estimate of drug-likeness (QED) is 0.507. The van der Waals surface area contributed by atoms with Crippen molar-refractivity contribution in [1.29, 1.82) is 0 Å². The van der Waals surface area contributed by atoms with Gasteiger partial charge in [0.15, 0.2) is 0 Å². The first-order chi connectivity index (χ1) is 7.51. The van der Waals surface area contributed by atoms with Crippen LogP contribution in [-0.4, -0.2) is 77.2 Å². The minimum atomic E-state index is -4.33. The molecule has 1 heterocycles. The molecule has 8 heteroatoms. The van der Waals surface area contributed by atoms with Gasteiger partial charge in [0.05, 0.1) is 13.2 Å². The van der Waals surface area contributed by atoms with Crippen molar-refractivity contribution in [2.75, 3.05) is 52.5 Å². The first-order valence-corrected chi connectivity index (χ1v) is 6.80. The fourth-order valence-corrected chi connectivity index (χ4v) is 1.99. The van der Waals surface area contributed by atoms with Crippen molar-refractivity contribution in [3.8, 4) is 0 Å². The van der Waals surface area contributed by atoms with Gasteiger partial charge in [-0.25, -0.2) is 4.57 Å². The normalized spacial score (nSPS) is 20.2. The maximum Gasteiger partial charge on any atom is 0.469 e. The summed E-state index contributed by atoms with van der Waals surface area (Å²) >= 11 is 0. The number of hydrogen-bond donors (Lipinski definition) is 3. The highest BCUT2D eigenvalue weighted by molar-refractivity contribution is 7.46. The van der Waals surface area contributed by atoms with Gasteiger partial charge in [0.25, 0.3) is 0 Å². The molecule has 0 unspecified atom stereocenters. The lowest BCUT2D eigenvalue weighted by Crippen LogP contribution is -2.47. The van der Waals surface area contributed by atoms with Crippen LogP contribution in [0.1, 0.15) is 0 Å². The average Bonchev–Trinajstić information content (AvgIpc) is 2.19. The molecule has 0 radical (unpaired) electrons. The SMILES string of the molecule is O=P(O)(O)OCCN1CCN(CCO)CC1. The first kappa shape index (κ1) is 14.1. The molecule has 0 saturated carbocycles. The van der Waals surface area contributed by atoms with Crippen molar-refractivity contribution in [2.45, 2.75) is 0 Å². The van der Waals surface area contributed by atoms with Crippen molar-refractivity contribution in [1.82, 2.24) is 9.80 Å². The van der Waals surface area contributed by atoms with E-state index in [0.717, 1.165) is 26.2 Å². The van der Waals surface area contributed by atoms with Crippen molar-refractivity contribution in [3.63, 3.8) is 0 Å².